The third-order valence-electron chi connectivity index (χ3n) is 6.87. The standard InChI is InChI=1S/C22H38N4O/c1-5-18(4)26-15-10-21(23-26)20-8-13-25(14-9-20)22(27)16-24-11-6-19(7-12-24)17(2)3/h10,15,17-20H,5-9,11-14,16H2,1-4H3. The lowest BCUT2D eigenvalue weighted by Crippen LogP contribution is -2.46. The molecule has 1 unspecified atom stereocenters. The molecule has 0 bridgehead atoms. The summed E-state index contributed by atoms with van der Waals surface area (Å²) in [6, 6.07) is 2.63. The van der Waals surface area contributed by atoms with E-state index in [1.807, 2.05) is 0 Å². The van der Waals surface area contributed by atoms with Gasteiger partial charge in [-0.25, -0.2) is 0 Å². The van der Waals surface area contributed by atoms with E-state index in [0.29, 0.717) is 24.4 Å². The summed E-state index contributed by atoms with van der Waals surface area (Å²) < 4.78 is 2.09. The van der Waals surface area contributed by atoms with Crippen LogP contribution in [0.2, 0.25) is 0 Å². The van der Waals surface area contributed by atoms with Crippen molar-refractivity contribution >= 4 is 5.91 Å². The Labute approximate surface area is 165 Å². The average molecular weight is 375 g/mol. The van der Waals surface area contributed by atoms with E-state index in [0.717, 1.165) is 57.3 Å². The molecule has 0 saturated carbocycles. The van der Waals surface area contributed by atoms with Crippen LogP contribution in [-0.4, -0.2) is 58.2 Å². The molecule has 2 fully saturated rings. The topological polar surface area (TPSA) is 41.4 Å². The first-order chi connectivity index (χ1) is 13.0. The third-order valence-corrected chi connectivity index (χ3v) is 6.87. The number of amides is 1. The van der Waals surface area contributed by atoms with Crippen molar-refractivity contribution in [2.45, 2.75) is 71.8 Å². The first-order valence-electron chi connectivity index (χ1n) is 11.0. The molecule has 5 heteroatoms. The van der Waals surface area contributed by atoms with E-state index in [1.54, 1.807) is 0 Å². The van der Waals surface area contributed by atoms with Crippen LogP contribution in [0.4, 0.5) is 0 Å². The predicted molar refractivity (Wildman–Crippen MR) is 110 cm³/mol. The molecular weight excluding hydrogens is 336 g/mol. The van der Waals surface area contributed by atoms with Crippen LogP contribution < -0.4 is 0 Å². The number of rotatable bonds is 6. The zero-order valence-electron chi connectivity index (χ0n) is 17.7. The smallest absolute Gasteiger partial charge is 0.236 e. The van der Waals surface area contributed by atoms with E-state index in [-0.39, 0.29) is 0 Å². The molecule has 0 aliphatic carbocycles. The van der Waals surface area contributed by atoms with Gasteiger partial charge in [0.1, 0.15) is 0 Å². The fourth-order valence-electron chi connectivity index (χ4n) is 4.50. The van der Waals surface area contributed by atoms with Gasteiger partial charge in [0.2, 0.25) is 5.91 Å². The molecule has 0 aromatic carbocycles. The van der Waals surface area contributed by atoms with E-state index in [1.165, 1.54) is 18.5 Å². The van der Waals surface area contributed by atoms with Crippen LogP contribution in [-0.2, 0) is 4.79 Å². The molecule has 1 amide bonds. The fourth-order valence-corrected chi connectivity index (χ4v) is 4.50. The highest BCUT2D eigenvalue weighted by Crippen LogP contribution is 2.28. The molecule has 27 heavy (non-hydrogen) atoms. The second-order valence-corrected chi connectivity index (χ2v) is 8.99. The molecular formula is C22H38N4O. The Hall–Kier alpha value is -1.36. The number of carbonyl (C=O) groups is 1. The summed E-state index contributed by atoms with van der Waals surface area (Å²) in [5.41, 5.74) is 1.21. The second kappa shape index (κ2) is 9.22. The summed E-state index contributed by atoms with van der Waals surface area (Å²) in [6.07, 6.45) is 7.78. The van der Waals surface area contributed by atoms with Gasteiger partial charge in [0.15, 0.2) is 0 Å². The SMILES string of the molecule is CCC(C)n1ccc(C2CCN(C(=O)CN3CCC(C(C)C)CC3)CC2)n1. The van der Waals surface area contributed by atoms with Crippen LogP contribution in [0.1, 0.15) is 77.5 Å². The summed E-state index contributed by atoms with van der Waals surface area (Å²) in [7, 11) is 0. The van der Waals surface area contributed by atoms with Crippen molar-refractivity contribution in [1.29, 1.82) is 0 Å². The monoisotopic (exact) mass is 374 g/mol. The Kier molecular flexibility index (Phi) is 6.96. The van der Waals surface area contributed by atoms with Gasteiger partial charge in [-0.2, -0.15) is 5.10 Å². The number of hydrogen-bond acceptors (Lipinski definition) is 3. The molecule has 1 aromatic rings. The molecule has 1 atom stereocenters. The lowest BCUT2D eigenvalue weighted by molar-refractivity contribution is -0.133. The highest BCUT2D eigenvalue weighted by molar-refractivity contribution is 5.78. The predicted octanol–water partition coefficient (Wildman–Crippen LogP) is 3.93. The first-order valence-corrected chi connectivity index (χ1v) is 11.0. The molecule has 1 aromatic heterocycles. The Morgan fingerprint density at radius 2 is 1.78 bits per heavy atom. The van der Waals surface area contributed by atoms with Gasteiger partial charge in [-0.15, -0.1) is 0 Å². The first kappa shape index (κ1) is 20.4. The minimum atomic E-state index is 0.321. The summed E-state index contributed by atoms with van der Waals surface area (Å²) in [6.45, 7) is 13.6. The van der Waals surface area contributed by atoms with Crippen LogP contribution in [0.25, 0.3) is 0 Å². The van der Waals surface area contributed by atoms with Crippen molar-refractivity contribution in [2.24, 2.45) is 11.8 Å². The van der Waals surface area contributed by atoms with Gasteiger partial charge >= 0.3 is 0 Å². The van der Waals surface area contributed by atoms with Crippen LogP contribution in [0.15, 0.2) is 12.3 Å². The quantitative estimate of drug-likeness (QED) is 0.758. The fraction of sp³-hybridized carbons (Fsp3) is 0.818. The molecule has 2 aliphatic heterocycles. The number of piperidine rings is 2. The minimum absolute atomic E-state index is 0.321. The average Bonchev–Trinajstić information content (AvgIpc) is 3.18. The normalized spacial score (nSPS) is 21.7. The Morgan fingerprint density at radius 1 is 1.11 bits per heavy atom. The molecule has 0 N–H and O–H groups in total. The number of carbonyl (C=O) groups excluding carboxylic acids is 1. The van der Waals surface area contributed by atoms with Gasteiger partial charge in [-0.3, -0.25) is 14.4 Å². The largest absolute Gasteiger partial charge is 0.342 e. The van der Waals surface area contributed by atoms with Crippen molar-refractivity contribution in [2.75, 3.05) is 32.7 Å². The summed E-state index contributed by atoms with van der Waals surface area (Å²) in [5.74, 6) is 2.43. The number of nitrogens with zero attached hydrogens (tertiary/aromatic N) is 4. The molecule has 2 aliphatic rings. The maximum absolute atomic E-state index is 12.7. The van der Waals surface area contributed by atoms with Crippen molar-refractivity contribution < 1.29 is 4.79 Å². The molecule has 2 saturated heterocycles. The van der Waals surface area contributed by atoms with Gasteiger partial charge in [0, 0.05) is 31.2 Å². The Bertz CT molecular complexity index is 595. The number of hydrogen-bond donors (Lipinski definition) is 0. The number of aromatic nitrogens is 2. The lowest BCUT2D eigenvalue weighted by atomic mass is 9.87. The Balaban J connectivity index is 1.43. The van der Waals surface area contributed by atoms with Gasteiger partial charge in [-0.05, 0) is 70.0 Å². The van der Waals surface area contributed by atoms with Gasteiger partial charge in [0.25, 0.3) is 0 Å². The molecule has 3 heterocycles. The van der Waals surface area contributed by atoms with Crippen LogP contribution in [0.5, 0.6) is 0 Å². The van der Waals surface area contributed by atoms with E-state index in [4.69, 9.17) is 5.10 Å². The van der Waals surface area contributed by atoms with Crippen LogP contribution in [0, 0.1) is 11.8 Å². The summed E-state index contributed by atoms with van der Waals surface area (Å²) in [5, 5.41) is 4.79. The van der Waals surface area contributed by atoms with Crippen molar-refractivity contribution in [3.63, 3.8) is 0 Å². The highest BCUT2D eigenvalue weighted by atomic mass is 16.2. The molecule has 0 spiro atoms. The van der Waals surface area contributed by atoms with Crippen molar-refractivity contribution in [1.82, 2.24) is 19.6 Å². The highest BCUT2D eigenvalue weighted by Gasteiger charge is 2.28. The van der Waals surface area contributed by atoms with Gasteiger partial charge in [-0.1, -0.05) is 20.8 Å². The van der Waals surface area contributed by atoms with E-state index in [9.17, 15) is 4.79 Å². The van der Waals surface area contributed by atoms with Crippen LogP contribution >= 0.6 is 0 Å². The minimum Gasteiger partial charge on any atom is -0.342 e. The van der Waals surface area contributed by atoms with E-state index < -0.39 is 0 Å². The lowest BCUT2D eigenvalue weighted by Gasteiger charge is -2.36. The maximum Gasteiger partial charge on any atom is 0.236 e. The zero-order valence-corrected chi connectivity index (χ0v) is 17.7. The van der Waals surface area contributed by atoms with E-state index in [2.05, 4.69) is 54.4 Å². The second-order valence-electron chi connectivity index (χ2n) is 8.99. The van der Waals surface area contributed by atoms with Gasteiger partial charge in [0.05, 0.1) is 12.2 Å². The maximum atomic E-state index is 12.7. The van der Waals surface area contributed by atoms with Crippen molar-refractivity contribution in [3.05, 3.63) is 18.0 Å². The third kappa shape index (κ3) is 5.13. The molecule has 152 valence electrons. The molecule has 0 radical (unpaired) electrons. The van der Waals surface area contributed by atoms with Crippen LogP contribution in [0.3, 0.4) is 0 Å². The van der Waals surface area contributed by atoms with Gasteiger partial charge < -0.3 is 4.90 Å². The van der Waals surface area contributed by atoms with Crippen molar-refractivity contribution in [3.8, 4) is 0 Å². The molecule has 5 nitrogen and oxygen atoms in total. The Morgan fingerprint density at radius 3 is 2.37 bits per heavy atom. The summed E-state index contributed by atoms with van der Waals surface area (Å²) >= 11 is 0. The summed E-state index contributed by atoms with van der Waals surface area (Å²) in [4.78, 5) is 17.2. The number of likely N-dealkylation sites (tertiary alicyclic amines) is 2. The molecule has 3 rings (SSSR count). The zero-order chi connectivity index (χ0) is 19.4. The van der Waals surface area contributed by atoms with E-state index >= 15 is 0 Å².